The first-order chi connectivity index (χ1) is 29.0. The number of carbonyl (C=O) groups is 6. The first-order valence-corrected chi connectivity index (χ1v) is 22.8. The molecule has 3 N–H and O–H groups in total. The highest BCUT2D eigenvalue weighted by Gasteiger charge is 2.76. The summed E-state index contributed by atoms with van der Waals surface area (Å²) in [5.41, 5.74) is -6.79. The van der Waals surface area contributed by atoms with Gasteiger partial charge in [-0.1, -0.05) is 83.6 Å². The molecule has 0 aromatic carbocycles. The predicted molar refractivity (Wildman–Crippen MR) is 229 cm³/mol. The van der Waals surface area contributed by atoms with E-state index in [1.165, 1.54) is 6.92 Å². The Morgan fingerprint density at radius 2 is 1.35 bits per heavy atom. The van der Waals surface area contributed by atoms with Crippen LogP contribution in [0.4, 0.5) is 4.79 Å². The molecule has 62 heavy (non-hydrogen) atoms. The fourth-order valence-electron chi connectivity index (χ4n) is 8.83. The molecule has 1 heterocycles. The summed E-state index contributed by atoms with van der Waals surface area (Å²) in [4.78, 5) is 78.6. The van der Waals surface area contributed by atoms with Crippen LogP contribution in [-0.4, -0.2) is 99.5 Å². The normalized spacial score (nSPS) is 28.3. The van der Waals surface area contributed by atoms with E-state index in [9.17, 15) is 39.0 Å². The summed E-state index contributed by atoms with van der Waals surface area (Å²) < 4.78 is 35.2. The SMILES string of the molecule is C/C=C(/C)C(=O)O[C@H]1C(C)=C2[C@H]([C@@H]1OC(=O)CCCCCCC)[C@@](C)(OC(C)=O)C[C@H](OC(=O)CCCCCCCCCCCNC(=O)OC(C)(C)C)[C@@]1(O)[C@H]2OC(=O)[C@@]1(C)O. The average molecular weight is 878 g/mol. The van der Waals surface area contributed by atoms with Crippen LogP contribution >= 0.6 is 0 Å². The highest BCUT2D eigenvalue weighted by molar-refractivity contribution is 5.88. The molecule has 15 heteroatoms. The number of amides is 1. The molecule has 0 bridgehead atoms. The average Bonchev–Trinajstić information content (AvgIpc) is 3.51. The van der Waals surface area contributed by atoms with Crippen LogP contribution in [0.15, 0.2) is 22.8 Å². The molecule has 352 valence electrons. The molecule has 0 aromatic heterocycles. The van der Waals surface area contributed by atoms with Gasteiger partial charge in [0.05, 0.1) is 5.92 Å². The highest BCUT2D eigenvalue weighted by atomic mass is 16.6. The molecule has 1 saturated carbocycles. The van der Waals surface area contributed by atoms with Crippen LogP contribution in [0, 0.1) is 5.92 Å². The van der Waals surface area contributed by atoms with Crippen molar-refractivity contribution in [1.82, 2.24) is 5.32 Å². The second-order valence-corrected chi connectivity index (χ2v) is 18.7. The number of nitrogens with one attached hydrogen (secondary N) is 1. The molecule has 1 aliphatic heterocycles. The van der Waals surface area contributed by atoms with Gasteiger partial charge in [0.15, 0.2) is 29.5 Å². The molecule has 0 aromatic rings. The number of hydrogen-bond acceptors (Lipinski definition) is 14. The van der Waals surface area contributed by atoms with Gasteiger partial charge in [-0.15, -0.1) is 0 Å². The zero-order chi connectivity index (χ0) is 46.5. The van der Waals surface area contributed by atoms with Gasteiger partial charge in [0.1, 0.15) is 17.3 Å². The number of carbonyl (C=O) groups excluding carboxylic acids is 6. The van der Waals surface area contributed by atoms with Crippen LogP contribution in [0.25, 0.3) is 0 Å². The molecule has 3 aliphatic rings. The van der Waals surface area contributed by atoms with E-state index in [0.717, 1.165) is 84.0 Å². The van der Waals surface area contributed by atoms with E-state index in [2.05, 4.69) is 12.2 Å². The first-order valence-electron chi connectivity index (χ1n) is 22.8. The van der Waals surface area contributed by atoms with Crippen molar-refractivity contribution in [2.24, 2.45) is 5.92 Å². The third-order valence-electron chi connectivity index (χ3n) is 12.3. The van der Waals surface area contributed by atoms with Crippen LogP contribution in [-0.2, 0) is 52.4 Å². The minimum atomic E-state index is -2.61. The van der Waals surface area contributed by atoms with E-state index < -0.39 is 95.1 Å². The lowest BCUT2D eigenvalue weighted by Crippen LogP contribution is -2.64. The first kappa shape index (κ1) is 52.4. The van der Waals surface area contributed by atoms with Crippen LogP contribution in [0.1, 0.15) is 178 Å². The number of fused-ring (bicyclic) bond motifs is 3. The van der Waals surface area contributed by atoms with E-state index in [1.807, 2.05) is 20.8 Å². The Kier molecular flexibility index (Phi) is 19.5. The smallest absolute Gasteiger partial charge is 0.407 e. The number of esters is 5. The summed E-state index contributed by atoms with van der Waals surface area (Å²) in [5.74, 6) is -5.07. The minimum Gasteiger partial charge on any atom is -0.459 e. The summed E-state index contributed by atoms with van der Waals surface area (Å²) >= 11 is 0. The lowest BCUT2D eigenvalue weighted by atomic mass is 9.75. The van der Waals surface area contributed by atoms with Gasteiger partial charge in [0, 0.05) is 38.3 Å². The Morgan fingerprint density at radius 3 is 1.89 bits per heavy atom. The molecule has 15 nitrogen and oxygen atoms in total. The monoisotopic (exact) mass is 878 g/mol. The van der Waals surface area contributed by atoms with E-state index in [-0.39, 0.29) is 29.6 Å². The largest absolute Gasteiger partial charge is 0.459 e. The number of allylic oxidation sites excluding steroid dienone is 1. The van der Waals surface area contributed by atoms with Crippen LogP contribution < -0.4 is 5.32 Å². The Labute approximate surface area is 368 Å². The van der Waals surface area contributed by atoms with Crippen molar-refractivity contribution in [3.05, 3.63) is 22.8 Å². The standard InChI is InChI=1S/C47H75NO14/c1-11-13-14-20-23-27-35(51)58-39-37-36(31(4)38(39)59-41(52)30(3)12-2)40-47(56,46(10,55)42(53)60-40)33(29-45(37,9)61-32(5)49)57-34(50)26-24-21-18-16-15-17-19-22-25-28-48-43(54)62-44(6,7)8/h12,33,37-40,55-56H,11,13-29H2,1-10H3,(H,48,54)/b30-12-/t33-,37+,38-,39-,40-,45-,46+,47+/m0/s1. The van der Waals surface area contributed by atoms with Gasteiger partial charge in [-0.2, -0.15) is 0 Å². The topological polar surface area (TPSA) is 210 Å². The minimum absolute atomic E-state index is 0.0188. The maximum absolute atomic E-state index is 13.6. The fraction of sp³-hybridized carbons (Fsp3) is 0.787. The number of hydrogen-bond donors (Lipinski definition) is 3. The summed E-state index contributed by atoms with van der Waals surface area (Å²) in [6.45, 7) is 16.7. The van der Waals surface area contributed by atoms with Crippen molar-refractivity contribution in [3.8, 4) is 0 Å². The van der Waals surface area contributed by atoms with Crippen molar-refractivity contribution in [1.29, 1.82) is 0 Å². The number of aliphatic hydroxyl groups is 2. The maximum atomic E-state index is 13.6. The van der Waals surface area contributed by atoms with Crippen LogP contribution in [0.3, 0.4) is 0 Å². The van der Waals surface area contributed by atoms with Gasteiger partial charge < -0.3 is 44.0 Å². The second kappa shape index (κ2) is 23.1. The van der Waals surface area contributed by atoms with Gasteiger partial charge in [0.2, 0.25) is 0 Å². The van der Waals surface area contributed by atoms with Crippen molar-refractivity contribution < 1.29 is 67.4 Å². The number of rotatable bonds is 23. The molecule has 0 unspecified atom stereocenters. The highest BCUT2D eigenvalue weighted by Crippen LogP contribution is 2.57. The quantitative estimate of drug-likeness (QED) is 0.0298. The zero-order valence-electron chi connectivity index (χ0n) is 39.0. The van der Waals surface area contributed by atoms with E-state index in [4.69, 9.17) is 28.4 Å². The fourth-order valence-corrected chi connectivity index (χ4v) is 8.83. The lowest BCUT2D eigenvalue weighted by Gasteiger charge is -2.41. The van der Waals surface area contributed by atoms with Crippen LogP contribution in [0.5, 0.6) is 0 Å². The third kappa shape index (κ3) is 13.5. The Balaban J connectivity index is 1.78. The molecule has 1 amide bonds. The summed E-state index contributed by atoms with van der Waals surface area (Å²) in [6, 6.07) is 0. The molecule has 8 atom stereocenters. The molecule has 1 saturated heterocycles. The number of alkyl carbamates (subject to hydrolysis) is 1. The van der Waals surface area contributed by atoms with Gasteiger partial charge in [0.25, 0.3) is 0 Å². The number of unbranched alkanes of at least 4 members (excludes halogenated alkanes) is 12. The van der Waals surface area contributed by atoms with Crippen molar-refractivity contribution >= 4 is 35.9 Å². The van der Waals surface area contributed by atoms with E-state index >= 15 is 0 Å². The molecular weight excluding hydrogens is 803 g/mol. The van der Waals surface area contributed by atoms with E-state index in [1.54, 1.807) is 33.8 Å². The van der Waals surface area contributed by atoms with Crippen LogP contribution in [0.2, 0.25) is 0 Å². The maximum Gasteiger partial charge on any atom is 0.407 e. The summed E-state index contributed by atoms with van der Waals surface area (Å²) in [6.07, 6.45) is 7.29. The predicted octanol–water partition coefficient (Wildman–Crippen LogP) is 7.55. The Hall–Kier alpha value is -3.98. The molecule has 2 fully saturated rings. The molecule has 0 spiro atoms. The number of ether oxygens (including phenoxy) is 6. The van der Waals surface area contributed by atoms with Gasteiger partial charge >= 0.3 is 35.9 Å². The summed E-state index contributed by atoms with van der Waals surface area (Å²) in [5, 5.41) is 27.2. The molecule has 0 radical (unpaired) electrons. The molecule has 2 aliphatic carbocycles. The van der Waals surface area contributed by atoms with Crippen molar-refractivity contribution in [2.75, 3.05) is 6.54 Å². The van der Waals surface area contributed by atoms with Crippen molar-refractivity contribution in [2.45, 2.75) is 225 Å². The van der Waals surface area contributed by atoms with Gasteiger partial charge in [-0.3, -0.25) is 14.4 Å². The van der Waals surface area contributed by atoms with Gasteiger partial charge in [-0.25, -0.2) is 14.4 Å². The summed E-state index contributed by atoms with van der Waals surface area (Å²) in [7, 11) is 0. The van der Waals surface area contributed by atoms with Gasteiger partial charge in [-0.05, 0) is 85.8 Å². The van der Waals surface area contributed by atoms with Crippen molar-refractivity contribution in [3.63, 3.8) is 0 Å². The molecular formula is C47H75NO14. The lowest BCUT2D eigenvalue weighted by molar-refractivity contribution is -0.212. The molecule has 3 rings (SSSR count). The zero-order valence-corrected chi connectivity index (χ0v) is 39.0. The Bertz CT molecular complexity index is 1640. The third-order valence-corrected chi connectivity index (χ3v) is 12.3. The van der Waals surface area contributed by atoms with E-state index in [0.29, 0.717) is 19.4 Å². The Morgan fingerprint density at radius 1 is 0.823 bits per heavy atom. The second-order valence-electron chi connectivity index (χ2n) is 18.7.